The Bertz CT molecular complexity index is 3270. The molecule has 0 bridgehead atoms. The molecule has 11 aromatic rings. The van der Waals surface area contributed by atoms with E-state index in [4.69, 9.17) is 29.9 Å². The van der Waals surface area contributed by atoms with Crippen LogP contribution in [0.4, 0.5) is 0 Å². The smallest absolute Gasteiger partial charge is 0.164 e. The molecule has 0 saturated heterocycles. The van der Waals surface area contributed by atoms with Gasteiger partial charge in [0.1, 0.15) is 0 Å². The van der Waals surface area contributed by atoms with Gasteiger partial charge >= 0.3 is 0 Å². The van der Waals surface area contributed by atoms with E-state index in [9.17, 15) is 0 Å². The SMILES string of the molecule is Cc1ccccc1-n1c2ccc(-c3ccc(-c4nc(-c5ccccc5)nc(-c5ccccc5)n4)cc3)cc2c2cc(-c3nc(-c4ccccc4)nc(-c4ccccc4)n3)ccc21. The molecule has 11 rings (SSSR count). The molecule has 8 aromatic carbocycles. The van der Waals surface area contributed by atoms with Crippen molar-refractivity contribution in [1.82, 2.24) is 34.5 Å². The first-order valence-corrected chi connectivity index (χ1v) is 20.6. The molecule has 7 nitrogen and oxygen atoms in total. The van der Waals surface area contributed by atoms with Crippen LogP contribution in [0.2, 0.25) is 0 Å². The highest BCUT2D eigenvalue weighted by Crippen LogP contribution is 2.38. The fourth-order valence-corrected chi connectivity index (χ4v) is 8.10. The van der Waals surface area contributed by atoms with Gasteiger partial charge in [-0.3, -0.25) is 0 Å². The van der Waals surface area contributed by atoms with E-state index in [1.54, 1.807) is 0 Å². The lowest BCUT2D eigenvalue weighted by Gasteiger charge is -2.12. The van der Waals surface area contributed by atoms with Crippen LogP contribution in [0.3, 0.4) is 0 Å². The molecule has 292 valence electrons. The number of benzene rings is 8. The molecular weight excluding hydrogens is 759 g/mol. The zero-order chi connectivity index (χ0) is 41.4. The summed E-state index contributed by atoms with van der Waals surface area (Å²) in [5.41, 5.74) is 12.3. The Hall–Kier alpha value is -8.42. The summed E-state index contributed by atoms with van der Waals surface area (Å²) < 4.78 is 2.37. The average molecular weight is 796 g/mol. The third-order valence-corrected chi connectivity index (χ3v) is 11.3. The molecule has 3 heterocycles. The van der Waals surface area contributed by atoms with Crippen molar-refractivity contribution >= 4 is 21.8 Å². The predicted molar refractivity (Wildman–Crippen MR) is 250 cm³/mol. The summed E-state index contributed by atoms with van der Waals surface area (Å²) in [4.78, 5) is 29.8. The van der Waals surface area contributed by atoms with E-state index in [1.165, 1.54) is 5.56 Å². The summed E-state index contributed by atoms with van der Waals surface area (Å²) in [5.74, 6) is 3.78. The Morgan fingerprint density at radius 3 is 1.00 bits per heavy atom. The summed E-state index contributed by atoms with van der Waals surface area (Å²) in [6.07, 6.45) is 0. The molecule has 0 aliphatic heterocycles. The first-order chi connectivity index (χ1) is 30.6. The van der Waals surface area contributed by atoms with Gasteiger partial charge in [0.15, 0.2) is 34.9 Å². The summed E-state index contributed by atoms with van der Waals surface area (Å²) in [6.45, 7) is 2.16. The van der Waals surface area contributed by atoms with Crippen molar-refractivity contribution < 1.29 is 0 Å². The monoisotopic (exact) mass is 795 g/mol. The summed E-state index contributed by atoms with van der Waals surface area (Å²) >= 11 is 0. The van der Waals surface area contributed by atoms with E-state index in [2.05, 4.69) is 96.4 Å². The number of aromatic nitrogens is 7. The molecule has 0 saturated carbocycles. The van der Waals surface area contributed by atoms with Crippen molar-refractivity contribution in [1.29, 1.82) is 0 Å². The Labute approximate surface area is 358 Å². The van der Waals surface area contributed by atoms with Crippen LogP contribution in [-0.4, -0.2) is 34.5 Å². The van der Waals surface area contributed by atoms with Gasteiger partial charge in [0.2, 0.25) is 0 Å². The van der Waals surface area contributed by atoms with E-state index in [-0.39, 0.29) is 0 Å². The second-order valence-corrected chi connectivity index (χ2v) is 15.2. The van der Waals surface area contributed by atoms with Crippen LogP contribution < -0.4 is 0 Å². The molecule has 0 aliphatic carbocycles. The van der Waals surface area contributed by atoms with Crippen molar-refractivity contribution in [3.05, 3.63) is 212 Å². The fraction of sp³-hybridized carbons (Fsp3) is 0.0182. The number of nitrogens with zero attached hydrogens (tertiary/aromatic N) is 7. The topological polar surface area (TPSA) is 82.3 Å². The lowest BCUT2D eigenvalue weighted by molar-refractivity contribution is 1.07. The number of fused-ring (bicyclic) bond motifs is 3. The normalized spacial score (nSPS) is 11.3. The number of aryl methyl sites for hydroxylation is 1. The van der Waals surface area contributed by atoms with Crippen LogP contribution in [0.1, 0.15) is 5.56 Å². The van der Waals surface area contributed by atoms with Gasteiger partial charge in [-0.25, -0.2) is 29.9 Å². The van der Waals surface area contributed by atoms with Crippen LogP contribution in [0.25, 0.3) is 107 Å². The van der Waals surface area contributed by atoms with Crippen molar-refractivity contribution in [2.75, 3.05) is 0 Å². The summed E-state index contributed by atoms with van der Waals surface area (Å²) in [7, 11) is 0. The van der Waals surface area contributed by atoms with Gasteiger partial charge in [-0.15, -0.1) is 0 Å². The van der Waals surface area contributed by atoms with Crippen LogP contribution in [0, 0.1) is 6.92 Å². The molecule has 62 heavy (non-hydrogen) atoms. The van der Waals surface area contributed by atoms with Crippen molar-refractivity contribution in [3.63, 3.8) is 0 Å². The van der Waals surface area contributed by atoms with Crippen LogP contribution in [-0.2, 0) is 0 Å². The van der Waals surface area contributed by atoms with Gasteiger partial charge < -0.3 is 4.57 Å². The molecule has 0 unspecified atom stereocenters. The second kappa shape index (κ2) is 15.6. The van der Waals surface area contributed by atoms with Gasteiger partial charge in [0, 0.05) is 49.8 Å². The first-order valence-electron chi connectivity index (χ1n) is 20.6. The van der Waals surface area contributed by atoms with Crippen molar-refractivity contribution in [2.45, 2.75) is 6.92 Å². The van der Waals surface area contributed by atoms with Gasteiger partial charge in [-0.1, -0.05) is 170 Å². The average Bonchev–Trinajstić information content (AvgIpc) is 3.67. The van der Waals surface area contributed by atoms with E-state index < -0.39 is 0 Å². The number of hydrogen-bond donors (Lipinski definition) is 0. The zero-order valence-corrected chi connectivity index (χ0v) is 33.8. The lowest BCUT2D eigenvalue weighted by atomic mass is 10.0. The van der Waals surface area contributed by atoms with Crippen molar-refractivity contribution in [3.8, 4) is 85.1 Å². The molecule has 7 heteroatoms. The minimum absolute atomic E-state index is 0.618. The molecule has 0 aliphatic rings. The van der Waals surface area contributed by atoms with E-state index in [0.717, 1.165) is 72.0 Å². The highest BCUT2D eigenvalue weighted by atomic mass is 15.0. The van der Waals surface area contributed by atoms with Gasteiger partial charge in [0.05, 0.1) is 11.0 Å². The van der Waals surface area contributed by atoms with Gasteiger partial charge in [-0.2, -0.15) is 0 Å². The summed E-state index contributed by atoms with van der Waals surface area (Å²) in [5, 5.41) is 2.24. The molecule has 0 fully saturated rings. The molecule has 0 radical (unpaired) electrons. The maximum absolute atomic E-state index is 5.07. The summed E-state index contributed by atoms with van der Waals surface area (Å²) in [6, 6.07) is 70.6. The molecular formula is C55H37N7. The van der Waals surface area contributed by atoms with Crippen molar-refractivity contribution in [2.24, 2.45) is 0 Å². The molecule has 0 spiro atoms. The molecule has 3 aromatic heterocycles. The Morgan fingerprint density at radius 2 is 0.581 bits per heavy atom. The van der Waals surface area contributed by atoms with E-state index in [1.807, 2.05) is 121 Å². The van der Waals surface area contributed by atoms with Crippen LogP contribution >= 0.6 is 0 Å². The molecule has 0 amide bonds. The van der Waals surface area contributed by atoms with Crippen LogP contribution in [0.15, 0.2) is 206 Å². The zero-order valence-electron chi connectivity index (χ0n) is 33.8. The predicted octanol–water partition coefficient (Wildman–Crippen LogP) is 13.1. The maximum atomic E-state index is 5.07. The number of para-hydroxylation sites is 1. The standard InChI is InChI=1S/C55H37N7/c1-36-16-14-15-25-47(36)62-48-32-30-43(37-26-28-42(29-27-37)54-58-50(38-17-6-2-7-18-38)56-51(59-54)39-19-8-3-9-20-39)34-45(48)46-35-44(31-33-49(46)62)55-60-52(40-21-10-4-11-22-40)57-53(61-55)41-23-12-5-13-24-41/h2-35H,1H3. The third-order valence-electron chi connectivity index (χ3n) is 11.3. The van der Waals surface area contributed by atoms with Gasteiger partial charge in [0.25, 0.3) is 0 Å². The fourth-order valence-electron chi connectivity index (χ4n) is 8.10. The van der Waals surface area contributed by atoms with E-state index >= 15 is 0 Å². The van der Waals surface area contributed by atoms with Crippen LogP contribution in [0.5, 0.6) is 0 Å². The third kappa shape index (κ3) is 6.87. The Kier molecular flexibility index (Phi) is 9.24. The maximum Gasteiger partial charge on any atom is 0.164 e. The van der Waals surface area contributed by atoms with Gasteiger partial charge in [-0.05, 0) is 60.0 Å². The highest BCUT2D eigenvalue weighted by Gasteiger charge is 2.19. The Morgan fingerprint density at radius 1 is 0.274 bits per heavy atom. The largest absolute Gasteiger partial charge is 0.309 e. The first kappa shape index (κ1) is 36.6. The lowest BCUT2D eigenvalue weighted by Crippen LogP contribution is -2.00. The minimum Gasteiger partial charge on any atom is -0.309 e. The van der Waals surface area contributed by atoms with E-state index in [0.29, 0.717) is 34.9 Å². The quantitative estimate of drug-likeness (QED) is 0.152. The number of hydrogen-bond acceptors (Lipinski definition) is 6. The Balaban J connectivity index is 1.04. The molecule has 0 N–H and O–H groups in total. The minimum atomic E-state index is 0.618. The second-order valence-electron chi connectivity index (χ2n) is 15.2. The number of rotatable bonds is 8. The highest BCUT2D eigenvalue weighted by molar-refractivity contribution is 6.11. The molecule has 0 atom stereocenters.